The average molecular weight is 425 g/mol. The lowest BCUT2D eigenvalue weighted by molar-refractivity contribution is -0.137. The molecule has 0 saturated carbocycles. The van der Waals surface area contributed by atoms with Crippen molar-refractivity contribution in [2.24, 2.45) is 0 Å². The fourth-order valence-electron chi connectivity index (χ4n) is 3.18. The van der Waals surface area contributed by atoms with Crippen molar-refractivity contribution in [3.05, 3.63) is 53.0 Å². The molecule has 1 aliphatic heterocycles. The summed E-state index contributed by atoms with van der Waals surface area (Å²) in [6.07, 6.45) is -5.06. The van der Waals surface area contributed by atoms with Crippen molar-refractivity contribution in [2.45, 2.75) is 32.5 Å². The van der Waals surface area contributed by atoms with Gasteiger partial charge in [-0.05, 0) is 43.2 Å². The number of nitrogens with zero attached hydrogens (tertiary/aromatic N) is 3. The van der Waals surface area contributed by atoms with Crippen molar-refractivity contribution < 1.29 is 31.9 Å². The maximum absolute atomic E-state index is 14.4. The van der Waals surface area contributed by atoms with Gasteiger partial charge in [0.05, 0.1) is 11.3 Å². The normalized spacial score (nSPS) is 16.6. The number of carbonyl (C=O) groups is 2. The van der Waals surface area contributed by atoms with Gasteiger partial charge in [-0.15, -0.1) is 0 Å². The van der Waals surface area contributed by atoms with E-state index < -0.39 is 42.2 Å². The van der Waals surface area contributed by atoms with Crippen molar-refractivity contribution in [3.8, 4) is 0 Å². The van der Waals surface area contributed by atoms with E-state index in [4.69, 9.17) is 4.74 Å². The largest absolute Gasteiger partial charge is 0.446 e. The van der Waals surface area contributed by atoms with Crippen LogP contribution in [0.3, 0.4) is 0 Å². The van der Waals surface area contributed by atoms with E-state index in [0.29, 0.717) is 12.5 Å². The molecule has 0 radical (unpaired) electrons. The quantitative estimate of drug-likeness (QED) is 0.692. The number of amides is 2. The Morgan fingerprint density at radius 1 is 1.30 bits per heavy atom. The van der Waals surface area contributed by atoms with Gasteiger partial charge in [0.2, 0.25) is 0 Å². The molecule has 0 spiro atoms. The molecule has 2 aromatic rings. The van der Waals surface area contributed by atoms with Gasteiger partial charge in [-0.2, -0.15) is 13.2 Å². The van der Waals surface area contributed by atoms with Gasteiger partial charge in [-0.25, -0.2) is 19.1 Å². The SMILES string of the molecule is CCc1ccc(N(C)C(=O)C2COC(=O)N2c2cc(C(F)(F)F)cc(C)n2)c(F)c1. The van der Waals surface area contributed by atoms with Crippen LogP contribution in [0, 0.1) is 12.7 Å². The summed E-state index contributed by atoms with van der Waals surface area (Å²) in [5, 5.41) is 0. The number of halogens is 4. The first-order valence-corrected chi connectivity index (χ1v) is 9.10. The van der Waals surface area contributed by atoms with E-state index in [1.807, 2.05) is 6.92 Å². The lowest BCUT2D eigenvalue weighted by Gasteiger charge is -2.26. The first-order valence-electron chi connectivity index (χ1n) is 9.10. The van der Waals surface area contributed by atoms with E-state index in [2.05, 4.69) is 4.98 Å². The van der Waals surface area contributed by atoms with E-state index in [1.165, 1.54) is 26.1 Å². The average Bonchev–Trinajstić information content (AvgIpc) is 3.07. The van der Waals surface area contributed by atoms with Crippen LogP contribution < -0.4 is 9.80 Å². The molecule has 2 amide bonds. The minimum absolute atomic E-state index is 0.0141. The molecule has 1 aromatic heterocycles. The van der Waals surface area contributed by atoms with E-state index in [0.717, 1.165) is 21.4 Å². The summed E-state index contributed by atoms with van der Waals surface area (Å²) >= 11 is 0. The first-order chi connectivity index (χ1) is 14.0. The Bertz CT molecular complexity index is 994. The number of hydrogen-bond acceptors (Lipinski definition) is 4. The minimum atomic E-state index is -4.66. The van der Waals surface area contributed by atoms with Crippen LogP contribution in [-0.4, -0.2) is 36.7 Å². The number of benzene rings is 1. The van der Waals surface area contributed by atoms with Crippen molar-refractivity contribution >= 4 is 23.5 Å². The van der Waals surface area contributed by atoms with Crippen LogP contribution >= 0.6 is 0 Å². The van der Waals surface area contributed by atoms with Gasteiger partial charge in [-0.3, -0.25) is 4.79 Å². The molecule has 1 fully saturated rings. The van der Waals surface area contributed by atoms with Crippen LogP contribution in [0.15, 0.2) is 30.3 Å². The number of rotatable bonds is 4. The van der Waals surface area contributed by atoms with Crippen LogP contribution in [0.2, 0.25) is 0 Å². The summed E-state index contributed by atoms with van der Waals surface area (Å²) in [5.41, 5.74) is -0.280. The summed E-state index contributed by atoms with van der Waals surface area (Å²) in [6, 6.07) is 4.61. The minimum Gasteiger partial charge on any atom is -0.446 e. The molecule has 1 aromatic carbocycles. The molecule has 1 unspecified atom stereocenters. The number of pyridine rings is 1. The number of likely N-dealkylation sites (N-methyl/N-ethyl adjacent to an activating group) is 1. The van der Waals surface area contributed by atoms with Gasteiger partial charge in [0.25, 0.3) is 5.91 Å². The molecule has 10 heteroatoms. The van der Waals surface area contributed by atoms with Crippen LogP contribution in [-0.2, 0) is 22.1 Å². The smallest absolute Gasteiger partial charge is 0.416 e. The molecule has 3 rings (SSSR count). The number of ether oxygens (including phenoxy) is 1. The third-order valence-corrected chi connectivity index (χ3v) is 4.78. The monoisotopic (exact) mass is 425 g/mol. The first kappa shape index (κ1) is 21.5. The summed E-state index contributed by atoms with van der Waals surface area (Å²) in [7, 11) is 1.32. The fourth-order valence-corrected chi connectivity index (χ4v) is 3.18. The number of anilines is 2. The lowest BCUT2D eigenvalue weighted by Crippen LogP contribution is -2.47. The topological polar surface area (TPSA) is 62.7 Å². The Morgan fingerprint density at radius 3 is 2.60 bits per heavy atom. The van der Waals surface area contributed by atoms with Crippen LogP contribution in [0.1, 0.15) is 23.7 Å². The summed E-state index contributed by atoms with van der Waals surface area (Å²) in [4.78, 5) is 30.9. The van der Waals surface area contributed by atoms with Crippen LogP contribution in [0.5, 0.6) is 0 Å². The number of cyclic esters (lactones) is 1. The number of hydrogen-bond donors (Lipinski definition) is 0. The zero-order chi connectivity index (χ0) is 22.2. The molecular formula is C20H19F4N3O3. The molecule has 0 bridgehead atoms. The summed E-state index contributed by atoms with van der Waals surface area (Å²) < 4.78 is 58.8. The van der Waals surface area contributed by atoms with Crippen LogP contribution in [0.4, 0.5) is 33.9 Å². The molecule has 1 atom stereocenters. The summed E-state index contributed by atoms with van der Waals surface area (Å²) in [5.74, 6) is -1.71. The highest BCUT2D eigenvalue weighted by molar-refractivity contribution is 6.05. The fraction of sp³-hybridized carbons (Fsp3) is 0.350. The Kier molecular flexibility index (Phi) is 5.69. The highest BCUT2D eigenvalue weighted by Gasteiger charge is 2.43. The molecule has 0 aliphatic carbocycles. The number of alkyl halides is 3. The van der Waals surface area contributed by atoms with Crippen molar-refractivity contribution in [2.75, 3.05) is 23.5 Å². The standard InChI is InChI=1S/C20H19F4N3O3/c1-4-12-5-6-15(14(21)8-12)26(3)18(28)16-10-30-19(29)27(16)17-9-13(20(22,23)24)7-11(2)25-17/h5-9,16H,4,10H2,1-3H3. The second kappa shape index (κ2) is 7.92. The van der Waals surface area contributed by atoms with Crippen LogP contribution in [0.25, 0.3) is 0 Å². The maximum atomic E-state index is 14.4. The second-order valence-electron chi connectivity index (χ2n) is 6.85. The van der Waals surface area contributed by atoms with Crippen molar-refractivity contribution in [1.82, 2.24) is 4.98 Å². The number of aromatic nitrogens is 1. The molecule has 1 saturated heterocycles. The zero-order valence-electron chi connectivity index (χ0n) is 16.5. The molecule has 6 nitrogen and oxygen atoms in total. The van der Waals surface area contributed by atoms with E-state index >= 15 is 0 Å². The molecule has 0 N–H and O–H groups in total. The number of carbonyl (C=O) groups excluding carboxylic acids is 2. The molecule has 160 valence electrons. The Morgan fingerprint density at radius 2 is 2.00 bits per heavy atom. The van der Waals surface area contributed by atoms with Gasteiger partial charge in [-0.1, -0.05) is 13.0 Å². The van der Waals surface area contributed by atoms with Gasteiger partial charge in [0.1, 0.15) is 18.2 Å². The predicted molar refractivity (Wildman–Crippen MR) is 101 cm³/mol. The van der Waals surface area contributed by atoms with Gasteiger partial charge in [0, 0.05) is 12.7 Å². The van der Waals surface area contributed by atoms with Crippen molar-refractivity contribution in [3.63, 3.8) is 0 Å². The Labute approximate surface area is 170 Å². The maximum Gasteiger partial charge on any atom is 0.416 e. The third-order valence-electron chi connectivity index (χ3n) is 4.78. The highest BCUT2D eigenvalue weighted by atomic mass is 19.4. The third kappa shape index (κ3) is 4.07. The highest BCUT2D eigenvalue weighted by Crippen LogP contribution is 2.33. The summed E-state index contributed by atoms with van der Waals surface area (Å²) in [6.45, 7) is 2.80. The Hall–Kier alpha value is -3.17. The molecular weight excluding hydrogens is 406 g/mol. The van der Waals surface area contributed by atoms with Gasteiger partial charge in [0.15, 0.2) is 6.04 Å². The molecule has 1 aliphatic rings. The van der Waals surface area contributed by atoms with Gasteiger partial charge < -0.3 is 9.64 Å². The van der Waals surface area contributed by atoms with Gasteiger partial charge >= 0.3 is 12.3 Å². The molecule has 2 heterocycles. The second-order valence-corrected chi connectivity index (χ2v) is 6.85. The van der Waals surface area contributed by atoms with E-state index in [1.54, 1.807) is 6.07 Å². The number of aryl methyl sites for hydroxylation is 2. The molecule has 30 heavy (non-hydrogen) atoms. The van der Waals surface area contributed by atoms with E-state index in [9.17, 15) is 27.2 Å². The predicted octanol–water partition coefficient (Wildman–Crippen LogP) is 4.10. The van der Waals surface area contributed by atoms with Crippen molar-refractivity contribution in [1.29, 1.82) is 0 Å². The zero-order valence-corrected chi connectivity index (χ0v) is 16.5. The van der Waals surface area contributed by atoms with E-state index in [-0.39, 0.29) is 17.2 Å². The Balaban J connectivity index is 1.95. The lowest BCUT2D eigenvalue weighted by atomic mass is 10.1.